The van der Waals surface area contributed by atoms with E-state index in [0.717, 1.165) is 0 Å². The number of hydrogen-bond donors (Lipinski definition) is 0. The quantitative estimate of drug-likeness (QED) is 0.771. The van der Waals surface area contributed by atoms with Crippen LogP contribution in [-0.4, -0.2) is 23.9 Å². The number of para-hydroxylation sites is 1. The molecule has 7 heteroatoms. The zero-order valence-corrected chi connectivity index (χ0v) is 9.72. The Hall–Kier alpha value is -1.82. The number of anilines is 1. The number of halogens is 3. The van der Waals surface area contributed by atoms with Gasteiger partial charge in [-0.3, -0.25) is 0 Å². The monoisotopic (exact) mass is 268 g/mol. The Kier molecular flexibility index (Phi) is 2.59. The van der Waals surface area contributed by atoms with E-state index in [4.69, 9.17) is 11.6 Å². The van der Waals surface area contributed by atoms with Gasteiger partial charge in [-0.15, -0.1) is 0 Å². The summed E-state index contributed by atoms with van der Waals surface area (Å²) in [5.41, 5.74) is -0.232. The Bertz CT molecular complexity index is 564. The predicted octanol–water partition coefficient (Wildman–Crippen LogP) is 2.39. The van der Waals surface area contributed by atoms with Crippen LogP contribution in [0.3, 0.4) is 0 Å². The van der Waals surface area contributed by atoms with Crippen molar-refractivity contribution in [3.63, 3.8) is 0 Å². The lowest BCUT2D eigenvalue weighted by molar-refractivity contribution is 0.549. The summed E-state index contributed by atoms with van der Waals surface area (Å²) < 4.78 is 27.4. The Labute approximate surface area is 106 Å². The number of nitrogens with zero attached hydrogens (tertiary/aromatic N) is 4. The zero-order valence-electron chi connectivity index (χ0n) is 8.96. The predicted molar refractivity (Wildman–Crippen MR) is 66.4 cm³/mol. The number of benzene rings is 1. The lowest BCUT2D eigenvalue weighted by Crippen LogP contribution is -2.36. The van der Waals surface area contributed by atoms with E-state index in [1.165, 1.54) is 35.8 Å². The molecule has 0 aliphatic carbocycles. The molecule has 0 bridgehead atoms. The van der Waals surface area contributed by atoms with Crippen LogP contribution in [0.4, 0.5) is 14.5 Å². The van der Waals surface area contributed by atoms with Gasteiger partial charge in [-0.2, -0.15) is 5.10 Å². The third-order valence-corrected chi connectivity index (χ3v) is 3.12. The van der Waals surface area contributed by atoms with Crippen molar-refractivity contribution < 1.29 is 8.78 Å². The average Bonchev–Trinajstić information content (AvgIpc) is 2.75. The molecule has 0 saturated heterocycles. The molecule has 2 unspecified atom stereocenters. The van der Waals surface area contributed by atoms with Gasteiger partial charge in [-0.1, -0.05) is 17.7 Å². The van der Waals surface area contributed by atoms with Crippen molar-refractivity contribution in [2.24, 2.45) is 21.0 Å². The van der Waals surface area contributed by atoms with Gasteiger partial charge in [0.25, 0.3) is 0 Å². The number of hydrogen-bond acceptors (Lipinski definition) is 4. The van der Waals surface area contributed by atoms with Crippen LogP contribution in [0.1, 0.15) is 0 Å². The summed E-state index contributed by atoms with van der Waals surface area (Å²) in [6.45, 7) is 0. The van der Waals surface area contributed by atoms with E-state index in [1.54, 1.807) is 0 Å². The van der Waals surface area contributed by atoms with Crippen LogP contribution >= 0.6 is 11.6 Å². The van der Waals surface area contributed by atoms with Gasteiger partial charge in [-0.05, 0) is 12.1 Å². The minimum Gasteiger partial charge on any atom is -0.246 e. The smallest absolute Gasteiger partial charge is 0.158 e. The number of fused-ring (bicyclic) bond motifs is 1. The average molecular weight is 269 g/mol. The summed E-state index contributed by atoms with van der Waals surface area (Å²) in [6.07, 6.45) is 2.17. The van der Waals surface area contributed by atoms with E-state index in [1.807, 2.05) is 0 Å². The van der Waals surface area contributed by atoms with E-state index in [0.29, 0.717) is 5.17 Å². The first-order valence-electron chi connectivity index (χ1n) is 5.20. The third kappa shape index (κ3) is 1.60. The molecule has 1 aromatic carbocycles. The van der Waals surface area contributed by atoms with Gasteiger partial charge < -0.3 is 0 Å². The second-order valence-electron chi connectivity index (χ2n) is 3.84. The van der Waals surface area contributed by atoms with Crippen molar-refractivity contribution in [1.29, 1.82) is 0 Å². The summed E-state index contributed by atoms with van der Waals surface area (Å²) in [5, 5.41) is 5.46. The minimum absolute atomic E-state index is 0.232. The molecule has 4 nitrogen and oxygen atoms in total. The van der Waals surface area contributed by atoms with Crippen LogP contribution in [0.25, 0.3) is 0 Å². The molecule has 0 N–H and O–H groups in total. The highest BCUT2D eigenvalue weighted by atomic mass is 35.5. The summed E-state index contributed by atoms with van der Waals surface area (Å²) in [6, 6.07) is 3.64. The first kappa shape index (κ1) is 11.3. The summed E-state index contributed by atoms with van der Waals surface area (Å²) in [4.78, 5) is 7.88. The molecular weight excluding hydrogens is 262 g/mol. The highest BCUT2D eigenvalue weighted by molar-refractivity contribution is 6.68. The van der Waals surface area contributed by atoms with Crippen LogP contribution in [0.5, 0.6) is 0 Å². The van der Waals surface area contributed by atoms with Crippen molar-refractivity contribution >= 4 is 35.0 Å². The van der Waals surface area contributed by atoms with Gasteiger partial charge in [0, 0.05) is 6.21 Å². The fraction of sp³-hybridized carbons (Fsp3) is 0.182. The molecule has 0 spiro atoms. The maximum atomic E-state index is 13.7. The summed E-state index contributed by atoms with van der Waals surface area (Å²) in [5.74, 6) is -1.75. The zero-order chi connectivity index (χ0) is 12.7. The van der Waals surface area contributed by atoms with E-state index in [-0.39, 0.29) is 11.6 Å². The Morgan fingerprint density at radius 2 is 1.94 bits per heavy atom. The SMILES string of the molecule is Fc1cccc(F)c1N1N=CC2C(Cl)=NC=NC21. The molecule has 0 radical (unpaired) electrons. The van der Waals surface area contributed by atoms with Crippen LogP contribution in [0.15, 0.2) is 33.3 Å². The van der Waals surface area contributed by atoms with Crippen LogP contribution in [0, 0.1) is 17.6 Å². The molecule has 0 fully saturated rings. The highest BCUT2D eigenvalue weighted by Crippen LogP contribution is 2.32. The molecule has 0 saturated carbocycles. The maximum Gasteiger partial charge on any atom is 0.158 e. The Morgan fingerprint density at radius 3 is 2.67 bits per heavy atom. The van der Waals surface area contributed by atoms with Gasteiger partial charge in [0.2, 0.25) is 0 Å². The third-order valence-electron chi connectivity index (χ3n) is 2.77. The van der Waals surface area contributed by atoms with E-state index < -0.39 is 17.8 Å². The highest BCUT2D eigenvalue weighted by Gasteiger charge is 2.38. The van der Waals surface area contributed by atoms with E-state index >= 15 is 0 Å². The van der Waals surface area contributed by atoms with Crippen LogP contribution in [0.2, 0.25) is 0 Å². The Balaban J connectivity index is 2.03. The maximum absolute atomic E-state index is 13.7. The normalized spacial score (nSPS) is 25.3. The summed E-state index contributed by atoms with van der Waals surface area (Å²) in [7, 11) is 0. The van der Waals surface area contributed by atoms with Crippen molar-refractivity contribution in [2.45, 2.75) is 6.17 Å². The largest absolute Gasteiger partial charge is 0.246 e. The lowest BCUT2D eigenvalue weighted by atomic mass is 10.1. The van der Waals surface area contributed by atoms with Gasteiger partial charge in [-0.25, -0.2) is 23.8 Å². The molecule has 2 aliphatic heterocycles. The second kappa shape index (κ2) is 4.13. The molecule has 1 aromatic rings. The van der Waals surface area contributed by atoms with E-state index in [9.17, 15) is 8.78 Å². The van der Waals surface area contributed by atoms with Crippen LogP contribution < -0.4 is 5.01 Å². The first-order valence-corrected chi connectivity index (χ1v) is 5.58. The standard InChI is InChI=1S/C11H7ClF2N4/c12-10-6-4-17-18(11(6)16-5-15-10)9-7(13)2-1-3-8(9)14/h1-6,11H. The van der Waals surface area contributed by atoms with Gasteiger partial charge in [0.1, 0.15) is 17.2 Å². The topological polar surface area (TPSA) is 40.3 Å². The lowest BCUT2D eigenvalue weighted by Gasteiger charge is -2.25. The molecule has 2 atom stereocenters. The minimum atomic E-state index is -0.693. The molecule has 2 heterocycles. The van der Waals surface area contributed by atoms with Gasteiger partial charge >= 0.3 is 0 Å². The number of rotatable bonds is 1. The molecule has 92 valence electrons. The molecule has 3 rings (SSSR count). The molecule has 18 heavy (non-hydrogen) atoms. The fourth-order valence-corrected chi connectivity index (χ4v) is 2.13. The van der Waals surface area contributed by atoms with Crippen molar-refractivity contribution in [3.8, 4) is 0 Å². The van der Waals surface area contributed by atoms with Crippen molar-refractivity contribution in [3.05, 3.63) is 29.8 Å². The van der Waals surface area contributed by atoms with Gasteiger partial charge in [0.05, 0.1) is 5.92 Å². The fourth-order valence-electron chi connectivity index (χ4n) is 1.92. The van der Waals surface area contributed by atoms with E-state index in [2.05, 4.69) is 15.1 Å². The Morgan fingerprint density at radius 1 is 1.22 bits per heavy atom. The van der Waals surface area contributed by atoms with Crippen molar-refractivity contribution in [2.75, 3.05) is 5.01 Å². The first-order chi connectivity index (χ1) is 8.68. The van der Waals surface area contributed by atoms with Crippen molar-refractivity contribution in [1.82, 2.24) is 0 Å². The summed E-state index contributed by atoms with van der Waals surface area (Å²) >= 11 is 5.90. The molecule has 2 aliphatic rings. The molecule has 0 aromatic heterocycles. The number of hydrazone groups is 1. The van der Waals surface area contributed by atoms with Gasteiger partial charge in [0.15, 0.2) is 17.8 Å². The van der Waals surface area contributed by atoms with Crippen LogP contribution in [-0.2, 0) is 0 Å². The number of aliphatic imine (C=N–C) groups is 2. The molecular formula is C11H7ClF2N4. The molecule has 0 amide bonds. The second-order valence-corrected chi connectivity index (χ2v) is 4.22.